The summed E-state index contributed by atoms with van der Waals surface area (Å²) in [5, 5.41) is 0. The first-order chi connectivity index (χ1) is 10.2. The number of aromatic nitrogens is 2. The molecular weight excluding hydrogens is 266 g/mol. The van der Waals surface area contributed by atoms with Crippen LogP contribution in [0.1, 0.15) is 38.4 Å². The van der Waals surface area contributed by atoms with Crippen LogP contribution >= 0.6 is 0 Å². The molecule has 5 nitrogen and oxygen atoms in total. The average Bonchev–Trinajstić information content (AvgIpc) is 3.14. The summed E-state index contributed by atoms with van der Waals surface area (Å²) in [4.78, 5) is 18.8. The van der Waals surface area contributed by atoms with Gasteiger partial charge in [-0.15, -0.1) is 0 Å². The molecule has 1 amide bonds. The van der Waals surface area contributed by atoms with Crippen molar-refractivity contribution in [2.45, 2.75) is 45.6 Å². The summed E-state index contributed by atoms with van der Waals surface area (Å²) < 4.78 is 7.66. The standard InChI is InChI=1S/C16H25N3O2/c1-2-14-17-7-10-18(14)9-4-15(20)19-8-3-5-16(12-19)6-11-21-13-16/h7,10H,2-6,8-9,11-13H2,1H3. The summed E-state index contributed by atoms with van der Waals surface area (Å²) in [6.45, 7) is 6.31. The van der Waals surface area contributed by atoms with Crippen molar-refractivity contribution in [3.8, 4) is 0 Å². The smallest absolute Gasteiger partial charge is 0.224 e. The molecule has 0 saturated carbocycles. The van der Waals surface area contributed by atoms with Gasteiger partial charge in [-0.25, -0.2) is 4.98 Å². The fourth-order valence-corrected chi connectivity index (χ4v) is 3.62. The molecule has 0 bridgehead atoms. The highest BCUT2D eigenvalue weighted by Gasteiger charge is 2.39. The zero-order valence-corrected chi connectivity index (χ0v) is 12.9. The fraction of sp³-hybridized carbons (Fsp3) is 0.750. The number of aryl methyl sites for hydroxylation is 2. The molecule has 1 atom stereocenters. The Labute approximate surface area is 126 Å². The Hall–Kier alpha value is -1.36. The summed E-state index contributed by atoms with van der Waals surface area (Å²) in [5.74, 6) is 1.33. The molecule has 0 radical (unpaired) electrons. The van der Waals surface area contributed by atoms with Crippen molar-refractivity contribution in [1.29, 1.82) is 0 Å². The maximum absolute atomic E-state index is 12.5. The lowest BCUT2D eigenvalue weighted by Crippen LogP contribution is -2.46. The molecule has 3 rings (SSSR count). The van der Waals surface area contributed by atoms with Gasteiger partial charge in [-0.3, -0.25) is 4.79 Å². The van der Waals surface area contributed by atoms with Crippen molar-refractivity contribution in [3.63, 3.8) is 0 Å². The van der Waals surface area contributed by atoms with E-state index in [9.17, 15) is 4.79 Å². The number of likely N-dealkylation sites (tertiary alicyclic amines) is 1. The number of imidazole rings is 1. The van der Waals surface area contributed by atoms with Gasteiger partial charge >= 0.3 is 0 Å². The first kappa shape index (κ1) is 14.6. The Bertz CT molecular complexity index is 491. The minimum atomic E-state index is 0.248. The summed E-state index contributed by atoms with van der Waals surface area (Å²) in [6.07, 6.45) is 8.69. The molecular formula is C16H25N3O2. The lowest BCUT2D eigenvalue weighted by atomic mass is 9.79. The normalized spacial score (nSPS) is 25.7. The van der Waals surface area contributed by atoms with Gasteiger partial charge in [0.05, 0.1) is 6.61 Å². The Kier molecular flexibility index (Phi) is 4.29. The predicted octanol–water partition coefficient (Wildman–Crippen LogP) is 1.86. The highest BCUT2D eigenvalue weighted by atomic mass is 16.5. The van der Waals surface area contributed by atoms with Crippen LogP contribution in [-0.2, 0) is 22.5 Å². The van der Waals surface area contributed by atoms with E-state index in [2.05, 4.69) is 21.4 Å². The second-order valence-electron chi connectivity index (χ2n) is 6.36. The average molecular weight is 291 g/mol. The quantitative estimate of drug-likeness (QED) is 0.851. The Morgan fingerprint density at radius 3 is 3.14 bits per heavy atom. The molecule has 1 spiro atoms. The molecule has 5 heteroatoms. The van der Waals surface area contributed by atoms with E-state index < -0.39 is 0 Å². The summed E-state index contributed by atoms with van der Waals surface area (Å²) >= 11 is 0. The number of amides is 1. The second-order valence-corrected chi connectivity index (χ2v) is 6.36. The van der Waals surface area contributed by atoms with E-state index in [1.165, 1.54) is 6.42 Å². The fourth-order valence-electron chi connectivity index (χ4n) is 3.62. The number of nitrogens with zero attached hydrogens (tertiary/aromatic N) is 3. The van der Waals surface area contributed by atoms with Crippen LogP contribution in [0.25, 0.3) is 0 Å². The number of carbonyl (C=O) groups excluding carboxylic acids is 1. The van der Waals surface area contributed by atoms with Gasteiger partial charge in [0.15, 0.2) is 0 Å². The van der Waals surface area contributed by atoms with E-state index in [0.29, 0.717) is 6.42 Å². The van der Waals surface area contributed by atoms with Gasteiger partial charge in [-0.05, 0) is 19.3 Å². The third-order valence-electron chi connectivity index (χ3n) is 4.88. The van der Waals surface area contributed by atoms with Crippen LogP contribution in [-0.4, -0.2) is 46.7 Å². The Balaban J connectivity index is 1.55. The van der Waals surface area contributed by atoms with Crippen molar-refractivity contribution in [1.82, 2.24) is 14.5 Å². The molecule has 0 N–H and O–H groups in total. The molecule has 1 unspecified atom stereocenters. The van der Waals surface area contributed by atoms with E-state index in [0.717, 1.165) is 57.9 Å². The summed E-state index contributed by atoms with van der Waals surface area (Å²) in [6, 6.07) is 0. The molecule has 1 aromatic heterocycles. The zero-order valence-electron chi connectivity index (χ0n) is 12.9. The van der Waals surface area contributed by atoms with Crippen LogP contribution < -0.4 is 0 Å². The van der Waals surface area contributed by atoms with Crippen LogP contribution in [0, 0.1) is 5.41 Å². The van der Waals surface area contributed by atoms with Crippen molar-refractivity contribution < 1.29 is 9.53 Å². The minimum absolute atomic E-state index is 0.248. The Morgan fingerprint density at radius 1 is 1.48 bits per heavy atom. The van der Waals surface area contributed by atoms with Crippen LogP contribution in [0.3, 0.4) is 0 Å². The predicted molar refractivity (Wildman–Crippen MR) is 79.9 cm³/mol. The van der Waals surface area contributed by atoms with Crippen LogP contribution in [0.4, 0.5) is 0 Å². The van der Waals surface area contributed by atoms with Gasteiger partial charge in [-0.1, -0.05) is 6.92 Å². The van der Waals surface area contributed by atoms with Gasteiger partial charge in [0.25, 0.3) is 0 Å². The monoisotopic (exact) mass is 291 g/mol. The molecule has 2 fully saturated rings. The lowest BCUT2D eigenvalue weighted by molar-refractivity contribution is -0.135. The highest BCUT2D eigenvalue weighted by molar-refractivity contribution is 5.76. The number of carbonyl (C=O) groups is 1. The molecule has 116 valence electrons. The molecule has 1 aromatic rings. The number of ether oxygens (including phenoxy) is 1. The molecule has 3 heterocycles. The van der Waals surface area contributed by atoms with Gasteiger partial charge in [0.2, 0.25) is 5.91 Å². The van der Waals surface area contributed by atoms with Gasteiger partial charge < -0.3 is 14.2 Å². The molecule has 2 aliphatic rings. The third-order valence-corrected chi connectivity index (χ3v) is 4.88. The molecule has 2 aliphatic heterocycles. The number of hydrogen-bond donors (Lipinski definition) is 0. The van der Waals surface area contributed by atoms with E-state index in [1.807, 2.05) is 12.4 Å². The third kappa shape index (κ3) is 3.12. The minimum Gasteiger partial charge on any atom is -0.381 e. The van der Waals surface area contributed by atoms with E-state index >= 15 is 0 Å². The maximum Gasteiger partial charge on any atom is 0.224 e. The molecule has 0 aromatic carbocycles. The lowest BCUT2D eigenvalue weighted by Gasteiger charge is -2.39. The summed E-state index contributed by atoms with van der Waals surface area (Å²) in [5.41, 5.74) is 0.248. The van der Waals surface area contributed by atoms with E-state index in [4.69, 9.17) is 4.74 Å². The first-order valence-electron chi connectivity index (χ1n) is 8.08. The van der Waals surface area contributed by atoms with Crippen molar-refractivity contribution in [2.24, 2.45) is 5.41 Å². The SMILES string of the molecule is CCc1nccn1CCC(=O)N1CCCC2(CCOC2)C1. The molecule has 0 aliphatic carbocycles. The summed E-state index contributed by atoms with van der Waals surface area (Å²) in [7, 11) is 0. The Morgan fingerprint density at radius 2 is 2.38 bits per heavy atom. The number of rotatable bonds is 4. The largest absolute Gasteiger partial charge is 0.381 e. The topological polar surface area (TPSA) is 47.4 Å². The van der Waals surface area contributed by atoms with Gasteiger partial charge in [-0.2, -0.15) is 0 Å². The first-order valence-corrected chi connectivity index (χ1v) is 8.08. The number of piperidine rings is 1. The van der Waals surface area contributed by atoms with E-state index in [1.54, 1.807) is 0 Å². The van der Waals surface area contributed by atoms with Crippen molar-refractivity contribution in [2.75, 3.05) is 26.3 Å². The highest BCUT2D eigenvalue weighted by Crippen LogP contribution is 2.37. The maximum atomic E-state index is 12.5. The second kappa shape index (κ2) is 6.18. The molecule has 2 saturated heterocycles. The van der Waals surface area contributed by atoms with Gasteiger partial charge in [0.1, 0.15) is 5.82 Å². The molecule has 21 heavy (non-hydrogen) atoms. The van der Waals surface area contributed by atoms with Crippen LogP contribution in [0.15, 0.2) is 12.4 Å². The number of hydrogen-bond acceptors (Lipinski definition) is 3. The van der Waals surface area contributed by atoms with Crippen molar-refractivity contribution >= 4 is 5.91 Å². The van der Waals surface area contributed by atoms with Gasteiger partial charge in [0, 0.05) is 56.9 Å². The van der Waals surface area contributed by atoms with Crippen LogP contribution in [0.5, 0.6) is 0 Å². The van der Waals surface area contributed by atoms with Crippen LogP contribution in [0.2, 0.25) is 0 Å². The van der Waals surface area contributed by atoms with E-state index in [-0.39, 0.29) is 11.3 Å². The van der Waals surface area contributed by atoms with Crippen molar-refractivity contribution in [3.05, 3.63) is 18.2 Å². The zero-order chi connectivity index (χ0) is 14.7.